The van der Waals surface area contributed by atoms with Crippen LogP contribution in [-0.2, 0) is 20.9 Å². The molecule has 110 valence electrons. The van der Waals surface area contributed by atoms with Crippen LogP contribution in [0.15, 0.2) is 30.3 Å². The third kappa shape index (κ3) is 4.62. The molecule has 2 amide bonds. The van der Waals surface area contributed by atoms with Gasteiger partial charge in [-0.3, -0.25) is 9.59 Å². The van der Waals surface area contributed by atoms with E-state index < -0.39 is 0 Å². The van der Waals surface area contributed by atoms with Crippen molar-refractivity contribution < 1.29 is 14.3 Å². The van der Waals surface area contributed by atoms with Gasteiger partial charge < -0.3 is 15.0 Å². The number of benzene rings is 1. The standard InChI is InChI=1S/C16H18N2O3/c1-2-6-15(19)17-9-14-11-18(16(20)12-21-14)10-13-7-4-3-5-8-13/h3-5,7-8,14H,9-12H2,1H3,(H,17,19). The van der Waals surface area contributed by atoms with Crippen molar-refractivity contribution in [2.45, 2.75) is 19.6 Å². The van der Waals surface area contributed by atoms with Gasteiger partial charge in [0.15, 0.2) is 0 Å². The molecule has 1 unspecified atom stereocenters. The van der Waals surface area contributed by atoms with Crippen LogP contribution in [0.1, 0.15) is 12.5 Å². The molecule has 0 radical (unpaired) electrons. The second-order valence-electron chi connectivity index (χ2n) is 4.78. The number of morpholine rings is 1. The third-order valence-corrected chi connectivity index (χ3v) is 3.16. The Kier molecular flexibility index (Phi) is 5.35. The number of hydrogen-bond donors (Lipinski definition) is 1. The first-order chi connectivity index (χ1) is 10.2. The molecule has 5 heteroatoms. The topological polar surface area (TPSA) is 58.6 Å². The first kappa shape index (κ1) is 15.1. The molecule has 5 nitrogen and oxygen atoms in total. The van der Waals surface area contributed by atoms with Crippen LogP contribution < -0.4 is 5.32 Å². The molecule has 1 aromatic rings. The Labute approximate surface area is 124 Å². The highest BCUT2D eigenvalue weighted by Gasteiger charge is 2.26. The molecule has 1 aliphatic rings. The Balaban J connectivity index is 1.88. The first-order valence-corrected chi connectivity index (χ1v) is 6.83. The summed E-state index contributed by atoms with van der Waals surface area (Å²) in [5.41, 5.74) is 1.08. The molecule has 1 saturated heterocycles. The van der Waals surface area contributed by atoms with Crippen LogP contribution in [0.4, 0.5) is 0 Å². The minimum absolute atomic E-state index is 0.0326. The lowest BCUT2D eigenvalue weighted by molar-refractivity contribution is -0.149. The van der Waals surface area contributed by atoms with E-state index in [2.05, 4.69) is 17.2 Å². The van der Waals surface area contributed by atoms with Gasteiger partial charge in [0.1, 0.15) is 6.61 Å². The minimum atomic E-state index is -0.326. The molecule has 21 heavy (non-hydrogen) atoms. The van der Waals surface area contributed by atoms with Crippen LogP contribution in [0.2, 0.25) is 0 Å². The van der Waals surface area contributed by atoms with Crippen LogP contribution in [0.25, 0.3) is 0 Å². The van der Waals surface area contributed by atoms with Crippen molar-refractivity contribution >= 4 is 11.8 Å². The highest BCUT2D eigenvalue weighted by Crippen LogP contribution is 2.11. The van der Waals surface area contributed by atoms with Gasteiger partial charge in [-0.05, 0) is 18.4 Å². The molecule has 1 heterocycles. The van der Waals surface area contributed by atoms with Gasteiger partial charge in [-0.15, -0.1) is 0 Å². The number of carbonyl (C=O) groups excluding carboxylic acids is 2. The minimum Gasteiger partial charge on any atom is -0.365 e. The molecular weight excluding hydrogens is 268 g/mol. The molecular formula is C16H18N2O3. The van der Waals surface area contributed by atoms with E-state index in [0.29, 0.717) is 19.6 Å². The number of rotatable bonds is 4. The number of nitrogens with zero attached hydrogens (tertiary/aromatic N) is 1. The average Bonchev–Trinajstić information content (AvgIpc) is 2.49. The summed E-state index contributed by atoms with van der Waals surface area (Å²) in [6.45, 7) is 3.03. The largest absolute Gasteiger partial charge is 0.365 e. The summed E-state index contributed by atoms with van der Waals surface area (Å²) in [4.78, 5) is 24.9. The van der Waals surface area contributed by atoms with E-state index in [-0.39, 0.29) is 24.5 Å². The monoisotopic (exact) mass is 286 g/mol. The number of amides is 2. The number of carbonyl (C=O) groups is 2. The molecule has 0 saturated carbocycles. The van der Waals surface area contributed by atoms with Crippen molar-refractivity contribution in [3.63, 3.8) is 0 Å². The zero-order valence-electron chi connectivity index (χ0n) is 12.0. The molecule has 0 spiro atoms. The van der Waals surface area contributed by atoms with Gasteiger partial charge in [0.25, 0.3) is 5.91 Å². The molecule has 1 aliphatic heterocycles. The summed E-state index contributed by atoms with van der Waals surface area (Å²) in [5, 5.41) is 2.68. The van der Waals surface area contributed by atoms with E-state index >= 15 is 0 Å². The summed E-state index contributed by atoms with van der Waals surface area (Å²) in [6, 6.07) is 9.80. The van der Waals surface area contributed by atoms with E-state index in [9.17, 15) is 9.59 Å². The van der Waals surface area contributed by atoms with Crippen LogP contribution in [-0.4, -0.2) is 42.5 Å². The predicted octanol–water partition coefficient (Wildman–Crippen LogP) is 0.553. The van der Waals surface area contributed by atoms with Crippen molar-refractivity contribution in [2.24, 2.45) is 0 Å². The van der Waals surface area contributed by atoms with E-state index in [0.717, 1.165) is 5.56 Å². The highest BCUT2D eigenvalue weighted by atomic mass is 16.5. The summed E-state index contributed by atoms with van der Waals surface area (Å²) in [5.74, 6) is 4.59. The zero-order chi connectivity index (χ0) is 15.1. The molecule has 0 bridgehead atoms. The number of hydrogen-bond acceptors (Lipinski definition) is 3. The van der Waals surface area contributed by atoms with Crippen molar-refractivity contribution in [1.29, 1.82) is 0 Å². The molecule has 1 fully saturated rings. The number of nitrogens with one attached hydrogen (secondary N) is 1. The van der Waals surface area contributed by atoms with Gasteiger partial charge >= 0.3 is 0 Å². The maximum Gasteiger partial charge on any atom is 0.295 e. The Bertz CT molecular complexity index is 560. The number of ether oxygens (including phenoxy) is 1. The Morgan fingerprint density at radius 2 is 2.19 bits per heavy atom. The summed E-state index contributed by atoms with van der Waals surface area (Å²) in [6.07, 6.45) is -0.200. The molecule has 0 aromatic heterocycles. The van der Waals surface area contributed by atoms with Gasteiger partial charge in [-0.1, -0.05) is 36.3 Å². The van der Waals surface area contributed by atoms with E-state index in [1.807, 2.05) is 30.3 Å². The molecule has 2 rings (SSSR count). The fraction of sp³-hybridized carbons (Fsp3) is 0.375. The molecule has 0 aliphatic carbocycles. The molecule has 1 aromatic carbocycles. The first-order valence-electron chi connectivity index (χ1n) is 6.83. The summed E-state index contributed by atoms with van der Waals surface area (Å²) >= 11 is 0. The van der Waals surface area contributed by atoms with E-state index in [4.69, 9.17) is 4.74 Å². The lowest BCUT2D eigenvalue weighted by Crippen LogP contribution is -2.50. The maximum absolute atomic E-state index is 11.9. The van der Waals surface area contributed by atoms with E-state index in [1.54, 1.807) is 11.8 Å². The summed E-state index contributed by atoms with van der Waals surface area (Å²) in [7, 11) is 0. The van der Waals surface area contributed by atoms with Crippen molar-refractivity contribution in [1.82, 2.24) is 10.2 Å². The fourth-order valence-electron chi connectivity index (χ4n) is 2.13. The smallest absolute Gasteiger partial charge is 0.295 e. The van der Waals surface area contributed by atoms with Gasteiger partial charge in [-0.2, -0.15) is 0 Å². The lowest BCUT2D eigenvalue weighted by Gasteiger charge is -2.32. The van der Waals surface area contributed by atoms with Crippen molar-refractivity contribution in [2.75, 3.05) is 19.7 Å². The lowest BCUT2D eigenvalue weighted by atomic mass is 10.2. The predicted molar refractivity (Wildman–Crippen MR) is 78.1 cm³/mol. The van der Waals surface area contributed by atoms with Gasteiger partial charge in [0.2, 0.25) is 5.91 Å². The van der Waals surface area contributed by atoms with E-state index in [1.165, 1.54) is 0 Å². The van der Waals surface area contributed by atoms with Gasteiger partial charge in [0.05, 0.1) is 6.10 Å². The highest BCUT2D eigenvalue weighted by molar-refractivity contribution is 5.93. The maximum atomic E-state index is 11.9. The third-order valence-electron chi connectivity index (χ3n) is 3.16. The Morgan fingerprint density at radius 3 is 2.90 bits per heavy atom. The normalized spacial score (nSPS) is 17.9. The second-order valence-corrected chi connectivity index (χ2v) is 4.78. The van der Waals surface area contributed by atoms with Crippen molar-refractivity contribution in [3.8, 4) is 11.8 Å². The van der Waals surface area contributed by atoms with Crippen LogP contribution in [0.3, 0.4) is 0 Å². The quantitative estimate of drug-likeness (QED) is 0.823. The van der Waals surface area contributed by atoms with Crippen LogP contribution >= 0.6 is 0 Å². The van der Waals surface area contributed by atoms with Crippen LogP contribution in [0, 0.1) is 11.8 Å². The zero-order valence-corrected chi connectivity index (χ0v) is 12.0. The Morgan fingerprint density at radius 1 is 1.43 bits per heavy atom. The molecule has 1 N–H and O–H groups in total. The second kappa shape index (κ2) is 7.46. The van der Waals surface area contributed by atoms with Gasteiger partial charge in [-0.25, -0.2) is 0 Å². The van der Waals surface area contributed by atoms with Crippen LogP contribution in [0.5, 0.6) is 0 Å². The van der Waals surface area contributed by atoms with Gasteiger partial charge in [0, 0.05) is 19.6 Å². The fourth-order valence-corrected chi connectivity index (χ4v) is 2.13. The molecule has 1 atom stereocenters. The summed E-state index contributed by atoms with van der Waals surface area (Å²) < 4.78 is 5.43. The Hall–Kier alpha value is -2.32. The SMILES string of the molecule is CC#CC(=O)NCC1CN(Cc2ccccc2)C(=O)CO1. The average molecular weight is 286 g/mol. The van der Waals surface area contributed by atoms with Crippen molar-refractivity contribution in [3.05, 3.63) is 35.9 Å².